The number of para-hydroxylation sites is 2. The third kappa shape index (κ3) is 7.29. The van der Waals surface area contributed by atoms with E-state index in [1.54, 1.807) is 7.11 Å². The Morgan fingerprint density at radius 3 is 2.74 bits per heavy atom. The second-order valence-electron chi connectivity index (χ2n) is 7.14. The minimum absolute atomic E-state index is 0.0386. The normalized spacial score (nSPS) is 19.0. The molecule has 2 unspecified atom stereocenters. The number of methoxy groups -OCH3 is 1. The van der Waals surface area contributed by atoms with Crippen LogP contribution < -0.4 is 20.1 Å². The first-order chi connectivity index (χ1) is 13.2. The van der Waals surface area contributed by atoms with Gasteiger partial charge in [0.25, 0.3) is 0 Å². The molecule has 1 fully saturated rings. The van der Waals surface area contributed by atoms with Gasteiger partial charge in [-0.3, -0.25) is 0 Å². The van der Waals surface area contributed by atoms with Crippen molar-refractivity contribution >= 4 is 5.96 Å². The molecule has 27 heavy (non-hydrogen) atoms. The Balaban J connectivity index is 1.81. The number of likely N-dealkylation sites (tertiary alicyclic amines) is 1. The predicted octanol–water partition coefficient (Wildman–Crippen LogP) is 2.75. The fourth-order valence-electron chi connectivity index (χ4n) is 3.37. The standard InChI is InChI=1S/C21H36N4O2/c1-5-12-25-13-11-18(16-25)15-24-21(22-6-2)23-14-17(3)27-20-10-8-7-9-19(20)26-4/h7-10,17-18H,5-6,11-16H2,1-4H3,(H2,22,23,24). The fourth-order valence-corrected chi connectivity index (χ4v) is 3.37. The molecule has 6 heteroatoms. The van der Waals surface area contributed by atoms with Gasteiger partial charge in [0.05, 0.1) is 13.7 Å². The van der Waals surface area contributed by atoms with E-state index in [-0.39, 0.29) is 6.10 Å². The van der Waals surface area contributed by atoms with Crippen molar-refractivity contribution in [1.29, 1.82) is 0 Å². The molecule has 2 N–H and O–H groups in total. The van der Waals surface area contributed by atoms with Crippen LogP contribution in [-0.2, 0) is 0 Å². The van der Waals surface area contributed by atoms with E-state index >= 15 is 0 Å². The number of guanidine groups is 1. The third-order valence-electron chi connectivity index (χ3n) is 4.72. The summed E-state index contributed by atoms with van der Waals surface area (Å²) in [5, 5.41) is 6.83. The molecule has 2 rings (SSSR count). The number of ether oxygens (including phenoxy) is 2. The van der Waals surface area contributed by atoms with Crippen LogP contribution in [0.1, 0.15) is 33.6 Å². The summed E-state index contributed by atoms with van der Waals surface area (Å²) in [6, 6.07) is 7.71. The smallest absolute Gasteiger partial charge is 0.191 e. The minimum atomic E-state index is -0.0386. The molecular formula is C21H36N4O2. The molecule has 0 radical (unpaired) electrons. The number of nitrogens with one attached hydrogen (secondary N) is 2. The van der Waals surface area contributed by atoms with Gasteiger partial charge in [-0.25, -0.2) is 4.99 Å². The Kier molecular flexibility index (Phi) is 9.25. The van der Waals surface area contributed by atoms with E-state index in [2.05, 4.69) is 29.4 Å². The minimum Gasteiger partial charge on any atom is -0.493 e. The molecule has 1 heterocycles. The molecule has 0 spiro atoms. The highest BCUT2D eigenvalue weighted by molar-refractivity contribution is 5.79. The van der Waals surface area contributed by atoms with Gasteiger partial charge in [0.1, 0.15) is 6.10 Å². The van der Waals surface area contributed by atoms with Gasteiger partial charge in [-0.05, 0) is 57.8 Å². The van der Waals surface area contributed by atoms with Crippen molar-refractivity contribution < 1.29 is 9.47 Å². The first kappa shape index (κ1) is 21.4. The second kappa shape index (κ2) is 11.7. The Morgan fingerprint density at radius 2 is 2.04 bits per heavy atom. The quantitative estimate of drug-likeness (QED) is 0.486. The maximum Gasteiger partial charge on any atom is 0.191 e. The van der Waals surface area contributed by atoms with Gasteiger partial charge in [0.15, 0.2) is 17.5 Å². The lowest BCUT2D eigenvalue weighted by atomic mass is 10.1. The molecule has 1 aliphatic rings. The van der Waals surface area contributed by atoms with Crippen molar-refractivity contribution in [2.75, 3.05) is 46.4 Å². The Morgan fingerprint density at radius 1 is 1.26 bits per heavy atom. The summed E-state index contributed by atoms with van der Waals surface area (Å²) in [5.41, 5.74) is 0. The van der Waals surface area contributed by atoms with Gasteiger partial charge in [-0.2, -0.15) is 0 Å². The Hall–Kier alpha value is -1.95. The average Bonchev–Trinajstić information content (AvgIpc) is 3.12. The zero-order valence-electron chi connectivity index (χ0n) is 17.3. The van der Waals surface area contributed by atoms with Crippen LogP contribution >= 0.6 is 0 Å². The maximum atomic E-state index is 5.99. The SMILES string of the molecule is CCCN1CCC(CNC(=NCC(C)Oc2ccccc2OC)NCC)C1. The van der Waals surface area contributed by atoms with Gasteiger partial charge in [0, 0.05) is 19.6 Å². The molecule has 2 atom stereocenters. The number of rotatable bonds is 10. The monoisotopic (exact) mass is 376 g/mol. The van der Waals surface area contributed by atoms with Crippen LogP contribution in [0.15, 0.2) is 29.3 Å². The summed E-state index contributed by atoms with van der Waals surface area (Å²) >= 11 is 0. The largest absolute Gasteiger partial charge is 0.493 e. The van der Waals surface area contributed by atoms with Gasteiger partial charge < -0.3 is 25.0 Å². The zero-order valence-corrected chi connectivity index (χ0v) is 17.3. The summed E-state index contributed by atoms with van der Waals surface area (Å²) in [6.07, 6.45) is 2.46. The fraction of sp³-hybridized carbons (Fsp3) is 0.667. The van der Waals surface area contributed by atoms with Gasteiger partial charge in [-0.15, -0.1) is 0 Å². The van der Waals surface area contributed by atoms with E-state index in [1.165, 1.54) is 32.5 Å². The lowest BCUT2D eigenvalue weighted by Gasteiger charge is -2.18. The average molecular weight is 377 g/mol. The van der Waals surface area contributed by atoms with E-state index in [0.717, 1.165) is 30.5 Å². The maximum absolute atomic E-state index is 5.99. The predicted molar refractivity (Wildman–Crippen MR) is 112 cm³/mol. The molecule has 0 aliphatic carbocycles. The number of nitrogens with zero attached hydrogens (tertiary/aromatic N) is 2. The van der Waals surface area contributed by atoms with Crippen LogP contribution in [0.3, 0.4) is 0 Å². The highest BCUT2D eigenvalue weighted by atomic mass is 16.5. The molecule has 1 aromatic rings. The van der Waals surface area contributed by atoms with Crippen LogP contribution in [0.5, 0.6) is 11.5 Å². The zero-order chi connectivity index (χ0) is 19.5. The number of aliphatic imine (C=N–C) groups is 1. The lowest BCUT2D eigenvalue weighted by Crippen LogP contribution is -2.41. The Bertz CT molecular complexity index is 579. The summed E-state index contributed by atoms with van der Waals surface area (Å²) in [5.74, 6) is 3.06. The van der Waals surface area contributed by atoms with Crippen LogP contribution in [0.2, 0.25) is 0 Å². The summed E-state index contributed by atoms with van der Waals surface area (Å²) < 4.78 is 11.3. The van der Waals surface area contributed by atoms with Crippen molar-refractivity contribution in [2.24, 2.45) is 10.9 Å². The molecule has 1 aromatic carbocycles. The van der Waals surface area contributed by atoms with Crippen LogP contribution in [0, 0.1) is 5.92 Å². The summed E-state index contributed by atoms with van der Waals surface area (Å²) in [7, 11) is 1.66. The van der Waals surface area contributed by atoms with E-state index in [4.69, 9.17) is 14.5 Å². The number of hydrogen-bond acceptors (Lipinski definition) is 4. The molecule has 0 amide bonds. The molecule has 0 aromatic heterocycles. The second-order valence-corrected chi connectivity index (χ2v) is 7.14. The highest BCUT2D eigenvalue weighted by Gasteiger charge is 2.21. The van der Waals surface area contributed by atoms with E-state index in [9.17, 15) is 0 Å². The van der Waals surface area contributed by atoms with Crippen molar-refractivity contribution in [1.82, 2.24) is 15.5 Å². The summed E-state index contributed by atoms with van der Waals surface area (Å²) in [6.45, 7) is 12.4. The van der Waals surface area contributed by atoms with Crippen molar-refractivity contribution in [3.63, 3.8) is 0 Å². The van der Waals surface area contributed by atoms with Crippen LogP contribution in [-0.4, -0.2) is 63.3 Å². The van der Waals surface area contributed by atoms with Gasteiger partial charge in [0.2, 0.25) is 0 Å². The molecule has 0 bridgehead atoms. The molecule has 152 valence electrons. The van der Waals surface area contributed by atoms with Gasteiger partial charge >= 0.3 is 0 Å². The van der Waals surface area contributed by atoms with Gasteiger partial charge in [-0.1, -0.05) is 19.1 Å². The van der Waals surface area contributed by atoms with Crippen molar-refractivity contribution in [2.45, 2.75) is 39.7 Å². The first-order valence-corrected chi connectivity index (χ1v) is 10.2. The highest BCUT2D eigenvalue weighted by Crippen LogP contribution is 2.26. The number of hydrogen-bond donors (Lipinski definition) is 2. The van der Waals surface area contributed by atoms with Crippen molar-refractivity contribution in [3.8, 4) is 11.5 Å². The Labute approximate surface area is 164 Å². The van der Waals surface area contributed by atoms with E-state index in [0.29, 0.717) is 12.5 Å². The van der Waals surface area contributed by atoms with Crippen LogP contribution in [0.25, 0.3) is 0 Å². The van der Waals surface area contributed by atoms with Crippen molar-refractivity contribution in [3.05, 3.63) is 24.3 Å². The van der Waals surface area contributed by atoms with E-state index in [1.807, 2.05) is 31.2 Å². The number of benzene rings is 1. The molecule has 6 nitrogen and oxygen atoms in total. The molecule has 1 saturated heterocycles. The van der Waals surface area contributed by atoms with E-state index < -0.39 is 0 Å². The molecule has 0 saturated carbocycles. The summed E-state index contributed by atoms with van der Waals surface area (Å²) in [4.78, 5) is 7.25. The molecular weight excluding hydrogens is 340 g/mol. The topological polar surface area (TPSA) is 58.1 Å². The third-order valence-corrected chi connectivity index (χ3v) is 4.72. The lowest BCUT2D eigenvalue weighted by molar-refractivity contribution is 0.219. The first-order valence-electron chi connectivity index (χ1n) is 10.2. The van der Waals surface area contributed by atoms with Crippen LogP contribution in [0.4, 0.5) is 0 Å². The molecule has 1 aliphatic heterocycles.